The van der Waals surface area contributed by atoms with Gasteiger partial charge in [-0.25, -0.2) is 0 Å². The van der Waals surface area contributed by atoms with E-state index in [1.165, 1.54) is 5.57 Å². The molecule has 1 amide bonds. The number of hydrogen-bond donors (Lipinski definition) is 2. The fourth-order valence-corrected chi connectivity index (χ4v) is 4.14. The minimum atomic E-state index is -0.376. The minimum Gasteiger partial charge on any atom is -0.507 e. The van der Waals surface area contributed by atoms with Crippen molar-refractivity contribution < 1.29 is 9.90 Å². The Labute approximate surface area is 199 Å². The van der Waals surface area contributed by atoms with Crippen LogP contribution in [0.25, 0.3) is 5.57 Å². The number of benzene rings is 3. The van der Waals surface area contributed by atoms with Crippen LogP contribution in [0.4, 0.5) is 5.69 Å². The zero-order chi connectivity index (χ0) is 23.6. The van der Waals surface area contributed by atoms with E-state index in [9.17, 15) is 9.90 Å². The van der Waals surface area contributed by atoms with Crippen molar-refractivity contribution in [2.75, 3.05) is 5.32 Å². The van der Waals surface area contributed by atoms with Gasteiger partial charge in [0.05, 0.1) is 10.6 Å². The summed E-state index contributed by atoms with van der Waals surface area (Å²) in [5, 5.41) is 14.5. The van der Waals surface area contributed by atoms with Crippen LogP contribution in [0.1, 0.15) is 58.4 Å². The van der Waals surface area contributed by atoms with E-state index in [4.69, 9.17) is 23.2 Å². The minimum absolute atomic E-state index is 0.0139. The SMILES string of the molecule is CC/C(C)=C(\c1ccc(Cl)cc1)c1cc(C)c(NC(=O)c2cc(C)cc(C)c2O)cc1Cl. The number of allylic oxidation sites excluding steroid dienone is 1. The number of nitrogens with one attached hydrogen (secondary N) is 1. The van der Waals surface area contributed by atoms with E-state index >= 15 is 0 Å². The summed E-state index contributed by atoms with van der Waals surface area (Å²) >= 11 is 12.8. The lowest BCUT2D eigenvalue weighted by Gasteiger charge is -2.18. The van der Waals surface area contributed by atoms with Crippen molar-refractivity contribution in [3.05, 3.63) is 97.5 Å². The lowest BCUT2D eigenvalue weighted by atomic mass is 9.91. The van der Waals surface area contributed by atoms with E-state index in [1.807, 2.05) is 50.2 Å². The van der Waals surface area contributed by atoms with Gasteiger partial charge in [-0.05, 0) is 92.3 Å². The summed E-state index contributed by atoms with van der Waals surface area (Å²) < 4.78 is 0. The Bertz CT molecular complexity index is 1210. The molecule has 0 aliphatic rings. The van der Waals surface area contributed by atoms with Crippen LogP contribution in [0, 0.1) is 20.8 Å². The molecular weight excluding hydrogens is 441 g/mol. The van der Waals surface area contributed by atoms with Crippen LogP contribution < -0.4 is 5.32 Å². The molecular formula is C27H27Cl2NO2. The fourth-order valence-electron chi connectivity index (χ4n) is 3.76. The third-order valence-electron chi connectivity index (χ3n) is 5.61. The van der Waals surface area contributed by atoms with Crippen LogP contribution in [0.5, 0.6) is 5.75 Å². The maximum absolute atomic E-state index is 12.9. The largest absolute Gasteiger partial charge is 0.507 e. The first-order valence-corrected chi connectivity index (χ1v) is 11.3. The molecule has 3 rings (SSSR count). The molecule has 32 heavy (non-hydrogen) atoms. The fraction of sp³-hybridized carbons (Fsp3) is 0.222. The second-order valence-electron chi connectivity index (χ2n) is 8.09. The number of aryl methyl sites for hydroxylation is 3. The zero-order valence-corrected chi connectivity index (χ0v) is 20.4. The highest BCUT2D eigenvalue weighted by Crippen LogP contribution is 2.37. The molecule has 0 heterocycles. The molecule has 0 atom stereocenters. The Kier molecular flexibility index (Phi) is 7.33. The van der Waals surface area contributed by atoms with Crippen molar-refractivity contribution in [1.29, 1.82) is 0 Å². The van der Waals surface area contributed by atoms with Gasteiger partial charge in [0.25, 0.3) is 5.91 Å². The Morgan fingerprint density at radius 1 is 0.938 bits per heavy atom. The summed E-state index contributed by atoms with van der Waals surface area (Å²) in [6.07, 6.45) is 0.873. The predicted molar refractivity (Wildman–Crippen MR) is 135 cm³/mol. The first-order chi connectivity index (χ1) is 15.1. The molecule has 5 heteroatoms. The van der Waals surface area contributed by atoms with Gasteiger partial charge in [0.2, 0.25) is 0 Å². The number of phenols is 1. The molecule has 0 aliphatic heterocycles. The normalized spacial score (nSPS) is 11.8. The van der Waals surface area contributed by atoms with Crippen LogP contribution in [0.3, 0.4) is 0 Å². The summed E-state index contributed by atoms with van der Waals surface area (Å²) in [6, 6.07) is 15.0. The molecule has 0 spiro atoms. The average Bonchev–Trinajstić information content (AvgIpc) is 2.75. The lowest BCUT2D eigenvalue weighted by Crippen LogP contribution is -2.14. The van der Waals surface area contributed by atoms with Crippen molar-refractivity contribution in [2.24, 2.45) is 0 Å². The number of halogens is 2. The van der Waals surface area contributed by atoms with E-state index in [-0.39, 0.29) is 17.2 Å². The summed E-state index contributed by atoms with van der Waals surface area (Å²) in [5.41, 5.74) is 7.48. The van der Waals surface area contributed by atoms with Crippen molar-refractivity contribution >= 4 is 40.4 Å². The highest BCUT2D eigenvalue weighted by atomic mass is 35.5. The molecule has 2 N–H and O–H groups in total. The molecule has 0 aromatic heterocycles. The Balaban J connectivity index is 2.02. The molecule has 3 nitrogen and oxygen atoms in total. The van der Waals surface area contributed by atoms with Crippen LogP contribution in [-0.4, -0.2) is 11.0 Å². The molecule has 0 bridgehead atoms. The second-order valence-corrected chi connectivity index (χ2v) is 8.94. The van der Waals surface area contributed by atoms with Crippen LogP contribution in [0.15, 0.2) is 54.1 Å². The van der Waals surface area contributed by atoms with Gasteiger partial charge in [-0.3, -0.25) is 4.79 Å². The monoisotopic (exact) mass is 467 g/mol. The lowest BCUT2D eigenvalue weighted by molar-refractivity contribution is 0.102. The van der Waals surface area contributed by atoms with Gasteiger partial charge in [0.1, 0.15) is 5.75 Å². The van der Waals surface area contributed by atoms with Crippen LogP contribution in [0.2, 0.25) is 10.0 Å². The number of hydrogen-bond acceptors (Lipinski definition) is 2. The molecule has 3 aromatic carbocycles. The van der Waals surface area contributed by atoms with E-state index in [0.717, 1.165) is 34.2 Å². The van der Waals surface area contributed by atoms with E-state index in [0.29, 0.717) is 21.3 Å². The predicted octanol–water partition coefficient (Wildman–Crippen LogP) is 8.11. The molecule has 0 unspecified atom stereocenters. The number of carbonyl (C=O) groups is 1. The number of rotatable bonds is 5. The number of carbonyl (C=O) groups excluding carboxylic acids is 1. The van der Waals surface area contributed by atoms with E-state index in [2.05, 4.69) is 19.2 Å². The summed E-state index contributed by atoms with van der Waals surface area (Å²) in [4.78, 5) is 12.9. The summed E-state index contributed by atoms with van der Waals surface area (Å²) in [7, 11) is 0. The highest BCUT2D eigenvalue weighted by molar-refractivity contribution is 6.33. The third kappa shape index (κ3) is 5.01. The van der Waals surface area contributed by atoms with Crippen LogP contribution >= 0.6 is 23.2 Å². The van der Waals surface area contributed by atoms with E-state index in [1.54, 1.807) is 19.1 Å². The van der Waals surface area contributed by atoms with Crippen molar-refractivity contribution in [3.63, 3.8) is 0 Å². The second kappa shape index (κ2) is 9.81. The van der Waals surface area contributed by atoms with Gasteiger partial charge in [-0.2, -0.15) is 0 Å². The first kappa shape index (κ1) is 23.9. The molecule has 0 radical (unpaired) electrons. The van der Waals surface area contributed by atoms with E-state index < -0.39 is 0 Å². The molecule has 0 saturated carbocycles. The standard InChI is InChI=1S/C27H27Cl2NO2/c1-6-16(3)25(19-7-9-20(28)10-8-19)21-13-17(4)24(14-23(21)29)30-27(32)22-12-15(2)11-18(5)26(22)31/h7-14,31H,6H2,1-5H3,(H,30,32)/b25-16+. The van der Waals surface area contributed by atoms with Gasteiger partial charge in [0.15, 0.2) is 0 Å². The zero-order valence-electron chi connectivity index (χ0n) is 18.9. The van der Waals surface area contributed by atoms with Gasteiger partial charge >= 0.3 is 0 Å². The number of aromatic hydroxyl groups is 1. The van der Waals surface area contributed by atoms with Crippen LogP contribution in [-0.2, 0) is 0 Å². The molecule has 0 aliphatic carbocycles. The highest BCUT2D eigenvalue weighted by Gasteiger charge is 2.18. The van der Waals surface area contributed by atoms with Gasteiger partial charge in [-0.15, -0.1) is 0 Å². The maximum atomic E-state index is 12.9. The molecule has 0 fully saturated rings. The molecule has 166 valence electrons. The quantitative estimate of drug-likeness (QED) is 0.397. The Morgan fingerprint density at radius 2 is 1.59 bits per heavy atom. The topological polar surface area (TPSA) is 49.3 Å². The maximum Gasteiger partial charge on any atom is 0.259 e. The van der Waals surface area contributed by atoms with Crippen molar-refractivity contribution in [3.8, 4) is 5.75 Å². The summed E-state index contributed by atoms with van der Waals surface area (Å²) in [6.45, 7) is 9.79. The number of amides is 1. The number of anilines is 1. The average molecular weight is 468 g/mol. The molecule has 3 aromatic rings. The smallest absolute Gasteiger partial charge is 0.259 e. The van der Waals surface area contributed by atoms with Gasteiger partial charge in [-0.1, -0.05) is 53.9 Å². The van der Waals surface area contributed by atoms with Gasteiger partial charge < -0.3 is 10.4 Å². The Morgan fingerprint density at radius 3 is 2.22 bits per heavy atom. The third-order valence-corrected chi connectivity index (χ3v) is 6.18. The summed E-state index contributed by atoms with van der Waals surface area (Å²) in [5.74, 6) is -0.389. The van der Waals surface area contributed by atoms with Crippen molar-refractivity contribution in [2.45, 2.75) is 41.0 Å². The number of phenolic OH excluding ortho intramolecular Hbond substituents is 1. The van der Waals surface area contributed by atoms with Gasteiger partial charge in [0, 0.05) is 16.3 Å². The molecule has 0 saturated heterocycles. The Hall–Kier alpha value is -2.75. The van der Waals surface area contributed by atoms with Crippen molar-refractivity contribution in [1.82, 2.24) is 0 Å². The first-order valence-electron chi connectivity index (χ1n) is 10.5.